The largest absolute Gasteiger partial charge is 0.475 e. The van der Waals surface area contributed by atoms with Gasteiger partial charge in [-0.05, 0) is 25.0 Å². The number of halogens is 1. The molecule has 0 aliphatic carbocycles. The van der Waals surface area contributed by atoms with E-state index >= 15 is 0 Å². The summed E-state index contributed by atoms with van der Waals surface area (Å²) in [5, 5.41) is 13.0. The van der Waals surface area contributed by atoms with Crippen LogP contribution in [0.25, 0.3) is 0 Å². The third-order valence-electron chi connectivity index (χ3n) is 3.29. The Kier molecular flexibility index (Phi) is 5.33. The fraction of sp³-hybridized carbons (Fsp3) is 0.312. The maximum absolute atomic E-state index is 11.2. The van der Waals surface area contributed by atoms with E-state index in [2.05, 4.69) is 15.3 Å². The fourth-order valence-corrected chi connectivity index (χ4v) is 2.45. The molecule has 0 saturated heterocycles. The van der Waals surface area contributed by atoms with Gasteiger partial charge in [0.15, 0.2) is 0 Å². The molecular weight excluding hydrogens is 302 g/mol. The molecule has 0 atom stereocenters. The van der Waals surface area contributed by atoms with Crippen LogP contribution in [-0.4, -0.2) is 27.6 Å². The molecule has 0 amide bonds. The van der Waals surface area contributed by atoms with Gasteiger partial charge in [0.05, 0.1) is 5.69 Å². The van der Waals surface area contributed by atoms with Crippen molar-refractivity contribution in [3.05, 3.63) is 51.9 Å². The Balaban J connectivity index is 2.52. The van der Waals surface area contributed by atoms with Crippen molar-refractivity contribution in [3.63, 3.8) is 0 Å². The second-order valence-corrected chi connectivity index (χ2v) is 5.19. The molecule has 5 nitrogen and oxygen atoms in total. The molecule has 2 rings (SSSR count). The van der Waals surface area contributed by atoms with Gasteiger partial charge in [0, 0.05) is 23.6 Å². The standard InChI is InChI=1S/C16H18ClN3O2/c1-3-13-11(9-10-7-5-6-8-12(10)17)14(18-4-2)20-15(19-13)16(21)22/h5-8H,3-4,9H2,1-2H3,(H,21,22)(H,18,19,20). The zero-order valence-corrected chi connectivity index (χ0v) is 13.3. The summed E-state index contributed by atoms with van der Waals surface area (Å²) in [6.07, 6.45) is 1.19. The van der Waals surface area contributed by atoms with Crippen LogP contribution in [0, 0.1) is 0 Å². The number of carbonyl (C=O) groups is 1. The minimum Gasteiger partial charge on any atom is -0.475 e. The van der Waals surface area contributed by atoms with Gasteiger partial charge in [0.25, 0.3) is 0 Å². The highest BCUT2D eigenvalue weighted by Gasteiger charge is 2.17. The Morgan fingerprint density at radius 2 is 2.00 bits per heavy atom. The average molecular weight is 320 g/mol. The number of benzene rings is 1. The molecule has 0 aliphatic rings. The predicted molar refractivity (Wildman–Crippen MR) is 86.8 cm³/mol. The molecule has 1 aromatic carbocycles. The van der Waals surface area contributed by atoms with Crippen molar-refractivity contribution in [1.29, 1.82) is 0 Å². The first kappa shape index (κ1) is 16.2. The van der Waals surface area contributed by atoms with Crippen molar-refractivity contribution in [3.8, 4) is 0 Å². The van der Waals surface area contributed by atoms with Gasteiger partial charge >= 0.3 is 5.97 Å². The van der Waals surface area contributed by atoms with Crippen LogP contribution in [0.3, 0.4) is 0 Å². The lowest BCUT2D eigenvalue weighted by Crippen LogP contribution is -2.14. The van der Waals surface area contributed by atoms with Crippen molar-refractivity contribution in [2.45, 2.75) is 26.7 Å². The van der Waals surface area contributed by atoms with E-state index in [-0.39, 0.29) is 5.82 Å². The maximum atomic E-state index is 11.2. The Morgan fingerprint density at radius 3 is 2.59 bits per heavy atom. The van der Waals surface area contributed by atoms with Gasteiger partial charge in [-0.25, -0.2) is 14.8 Å². The fourth-order valence-electron chi connectivity index (χ4n) is 2.25. The van der Waals surface area contributed by atoms with Gasteiger partial charge in [-0.15, -0.1) is 0 Å². The van der Waals surface area contributed by atoms with Gasteiger partial charge in [-0.1, -0.05) is 36.7 Å². The summed E-state index contributed by atoms with van der Waals surface area (Å²) < 4.78 is 0. The van der Waals surface area contributed by atoms with Crippen LogP contribution in [-0.2, 0) is 12.8 Å². The lowest BCUT2D eigenvalue weighted by atomic mass is 10.0. The number of hydrogen-bond acceptors (Lipinski definition) is 4. The Labute approximate surface area is 134 Å². The highest BCUT2D eigenvalue weighted by Crippen LogP contribution is 2.25. The van der Waals surface area contributed by atoms with E-state index in [0.717, 1.165) is 16.8 Å². The molecule has 0 unspecified atom stereocenters. The van der Waals surface area contributed by atoms with Gasteiger partial charge in [-0.2, -0.15) is 0 Å². The zero-order valence-electron chi connectivity index (χ0n) is 12.6. The number of aromatic nitrogens is 2. The molecule has 1 aromatic heterocycles. The van der Waals surface area contributed by atoms with Crippen molar-refractivity contribution >= 4 is 23.4 Å². The Hall–Kier alpha value is -2.14. The summed E-state index contributed by atoms with van der Waals surface area (Å²) >= 11 is 6.23. The zero-order chi connectivity index (χ0) is 16.1. The van der Waals surface area contributed by atoms with Crippen LogP contribution in [0.5, 0.6) is 0 Å². The van der Waals surface area contributed by atoms with Gasteiger partial charge < -0.3 is 10.4 Å². The summed E-state index contributed by atoms with van der Waals surface area (Å²) in [6, 6.07) is 7.58. The minimum atomic E-state index is -1.13. The molecule has 2 N–H and O–H groups in total. The quantitative estimate of drug-likeness (QED) is 0.853. The number of carboxylic acid groups (broad SMARTS) is 1. The van der Waals surface area contributed by atoms with Crippen molar-refractivity contribution in [2.24, 2.45) is 0 Å². The third kappa shape index (κ3) is 3.54. The Bertz CT molecular complexity index is 689. The molecular formula is C16H18ClN3O2. The molecule has 0 radical (unpaired) electrons. The monoisotopic (exact) mass is 319 g/mol. The molecule has 22 heavy (non-hydrogen) atoms. The van der Waals surface area contributed by atoms with Gasteiger partial charge in [-0.3, -0.25) is 0 Å². The van der Waals surface area contributed by atoms with Crippen LogP contribution in [0.1, 0.15) is 41.3 Å². The van der Waals surface area contributed by atoms with Crippen LogP contribution in [0.2, 0.25) is 5.02 Å². The molecule has 0 spiro atoms. The smallest absolute Gasteiger partial charge is 0.374 e. The lowest BCUT2D eigenvalue weighted by Gasteiger charge is -2.15. The van der Waals surface area contributed by atoms with Crippen LogP contribution < -0.4 is 5.32 Å². The van der Waals surface area contributed by atoms with Crippen molar-refractivity contribution < 1.29 is 9.90 Å². The molecule has 0 aliphatic heterocycles. The first-order chi connectivity index (χ1) is 10.6. The van der Waals surface area contributed by atoms with Gasteiger partial charge in [0.1, 0.15) is 5.82 Å². The predicted octanol–water partition coefficient (Wildman–Crippen LogP) is 3.41. The van der Waals surface area contributed by atoms with Crippen LogP contribution in [0.4, 0.5) is 5.82 Å². The van der Waals surface area contributed by atoms with Gasteiger partial charge in [0.2, 0.25) is 5.82 Å². The van der Waals surface area contributed by atoms with Crippen LogP contribution in [0.15, 0.2) is 24.3 Å². The number of hydrogen-bond donors (Lipinski definition) is 2. The summed E-state index contributed by atoms with van der Waals surface area (Å²) in [5.74, 6) is -0.750. The number of nitrogens with one attached hydrogen (secondary N) is 1. The van der Waals surface area contributed by atoms with Crippen molar-refractivity contribution in [2.75, 3.05) is 11.9 Å². The maximum Gasteiger partial charge on any atom is 0.374 e. The van der Waals surface area contributed by atoms with E-state index in [0.29, 0.717) is 30.2 Å². The van der Waals surface area contributed by atoms with E-state index in [9.17, 15) is 4.79 Å². The number of anilines is 1. The highest BCUT2D eigenvalue weighted by molar-refractivity contribution is 6.31. The summed E-state index contributed by atoms with van der Waals surface area (Å²) in [6.45, 7) is 4.53. The Morgan fingerprint density at radius 1 is 1.27 bits per heavy atom. The van der Waals surface area contributed by atoms with Crippen LogP contribution >= 0.6 is 11.6 Å². The first-order valence-electron chi connectivity index (χ1n) is 7.17. The summed E-state index contributed by atoms with van der Waals surface area (Å²) in [5.41, 5.74) is 2.58. The van der Waals surface area contributed by atoms with Crippen molar-refractivity contribution in [1.82, 2.24) is 9.97 Å². The first-order valence-corrected chi connectivity index (χ1v) is 7.54. The average Bonchev–Trinajstić information content (AvgIpc) is 2.50. The number of rotatable bonds is 6. The second kappa shape index (κ2) is 7.22. The molecule has 6 heteroatoms. The van der Waals surface area contributed by atoms with E-state index < -0.39 is 5.97 Å². The second-order valence-electron chi connectivity index (χ2n) is 4.78. The molecule has 0 saturated carbocycles. The van der Waals surface area contributed by atoms with E-state index in [1.807, 2.05) is 38.1 Å². The molecule has 2 aromatic rings. The molecule has 116 valence electrons. The summed E-state index contributed by atoms with van der Waals surface area (Å²) in [4.78, 5) is 19.5. The lowest BCUT2D eigenvalue weighted by molar-refractivity contribution is 0.0683. The number of aromatic carboxylic acids is 1. The number of aryl methyl sites for hydroxylation is 1. The third-order valence-corrected chi connectivity index (χ3v) is 3.66. The van der Waals surface area contributed by atoms with E-state index in [1.54, 1.807) is 0 Å². The minimum absolute atomic E-state index is 0.185. The molecule has 0 bridgehead atoms. The SMILES string of the molecule is CCNc1nc(C(=O)O)nc(CC)c1Cc1ccccc1Cl. The number of carboxylic acids is 1. The van der Waals surface area contributed by atoms with E-state index in [4.69, 9.17) is 16.7 Å². The molecule has 0 fully saturated rings. The molecule has 1 heterocycles. The number of nitrogens with zero attached hydrogens (tertiary/aromatic N) is 2. The van der Waals surface area contributed by atoms with E-state index in [1.165, 1.54) is 0 Å². The summed E-state index contributed by atoms with van der Waals surface area (Å²) in [7, 11) is 0. The highest BCUT2D eigenvalue weighted by atomic mass is 35.5. The normalized spacial score (nSPS) is 10.5. The topological polar surface area (TPSA) is 75.1 Å².